The molecule has 3 nitrogen and oxygen atoms in total. The second kappa shape index (κ2) is 6.86. The van der Waals surface area contributed by atoms with Gasteiger partial charge in [0.05, 0.1) is 6.61 Å². The number of nitrogens with zero attached hydrogens (tertiary/aromatic N) is 1. The maximum absolute atomic E-state index is 5.94. The number of likely N-dealkylation sites (N-methyl/N-ethyl adjacent to an activating group) is 1. The molecule has 16 heavy (non-hydrogen) atoms. The third kappa shape index (κ3) is 4.10. The molecule has 1 aromatic carbocycles. The van der Waals surface area contributed by atoms with Gasteiger partial charge >= 0.3 is 0 Å². The molecule has 0 amide bonds. The van der Waals surface area contributed by atoms with Crippen LogP contribution in [0.1, 0.15) is 5.56 Å². The highest BCUT2D eigenvalue weighted by Crippen LogP contribution is 2.13. The lowest BCUT2D eigenvalue weighted by atomic mass is 10.2. The summed E-state index contributed by atoms with van der Waals surface area (Å²) in [5, 5.41) is 0.766. The second-order valence-electron chi connectivity index (χ2n) is 3.89. The smallest absolute Gasteiger partial charge is 0.0630 e. The van der Waals surface area contributed by atoms with Crippen LogP contribution in [0.3, 0.4) is 0 Å². The van der Waals surface area contributed by atoms with Gasteiger partial charge in [-0.1, -0.05) is 23.7 Å². The molecular formula is C12H19ClN2O. The van der Waals surface area contributed by atoms with Crippen LogP contribution in [0.2, 0.25) is 5.02 Å². The van der Waals surface area contributed by atoms with E-state index in [-0.39, 0.29) is 6.04 Å². The van der Waals surface area contributed by atoms with Crippen LogP contribution in [0.15, 0.2) is 24.3 Å². The lowest BCUT2D eigenvalue weighted by Gasteiger charge is -2.26. The first-order chi connectivity index (χ1) is 7.67. The Kier molecular flexibility index (Phi) is 5.77. The Labute approximate surface area is 102 Å². The van der Waals surface area contributed by atoms with Crippen molar-refractivity contribution in [3.8, 4) is 0 Å². The molecule has 0 aromatic heterocycles. The summed E-state index contributed by atoms with van der Waals surface area (Å²) in [6.45, 7) is 2.06. The van der Waals surface area contributed by atoms with E-state index in [1.54, 1.807) is 7.11 Å². The Morgan fingerprint density at radius 3 is 2.81 bits per heavy atom. The molecule has 4 heteroatoms. The van der Waals surface area contributed by atoms with Crippen molar-refractivity contribution in [3.05, 3.63) is 34.9 Å². The van der Waals surface area contributed by atoms with Crippen LogP contribution >= 0.6 is 11.6 Å². The number of halogens is 1. The van der Waals surface area contributed by atoms with Gasteiger partial charge in [-0.05, 0) is 24.7 Å². The van der Waals surface area contributed by atoms with Crippen LogP contribution in [-0.2, 0) is 11.3 Å². The van der Waals surface area contributed by atoms with Gasteiger partial charge in [-0.3, -0.25) is 4.90 Å². The summed E-state index contributed by atoms with van der Waals surface area (Å²) in [5.41, 5.74) is 6.88. The summed E-state index contributed by atoms with van der Waals surface area (Å²) in [7, 11) is 3.73. The van der Waals surface area contributed by atoms with Crippen molar-refractivity contribution in [1.82, 2.24) is 4.90 Å². The van der Waals surface area contributed by atoms with Crippen molar-refractivity contribution >= 4 is 11.6 Å². The zero-order valence-electron chi connectivity index (χ0n) is 9.82. The van der Waals surface area contributed by atoms with Gasteiger partial charge in [0.25, 0.3) is 0 Å². The summed E-state index contributed by atoms with van der Waals surface area (Å²) in [6.07, 6.45) is 0. The molecule has 0 fully saturated rings. The largest absolute Gasteiger partial charge is 0.383 e. The highest BCUT2D eigenvalue weighted by atomic mass is 35.5. The Bertz CT molecular complexity index is 320. The molecule has 1 aromatic rings. The second-order valence-corrected chi connectivity index (χ2v) is 4.33. The van der Waals surface area contributed by atoms with E-state index in [2.05, 4.69) is 11.0 Å². The lowest BCUT2D eigenvalue weighted by molar-refractivity contribution is 0.106. The molecule has 0 saturated carbocycles. The van der Waals surface area contributed by atoms with Crippen molar-refractivity contribution in [1.29, 1.82) is 0 Å². The predicted molar refractivity (Wildman–Crippen MR) is 67.6 cm³/mol. The normalized spacial score (nSPS) is 13.1. The molecule has 0 aliphatic rings. The molecule has 1 unspecified atom stereocenters. The summed E-state index contributed by atoms with van der Waals surface area (Å²) < 4.78 is 5.13. The number of benzene rings is 1. The Hall–Kier alpha value is -0.610. The number of rotatable bonds is 6. The molecule has 1 rings (SSSR count). The minimum absolute atomic E-state index is 0.240. The van der Waals surface area contributed by atoms with E-state index in [1.165, 1.54) is 5.56 Å². The average molecular weight is 243 g/mol. The molecule has 1 atom stereocenters. The van der Waals surface area contributed by atoms with E-state index >= 15 is 0 Å². The first-order valence-corrected chi connectivity index (χ1v) is 5.69. The van der Waals surface area contributed by atoms with E-state index in [9.17, 15) is 0 Å². The fraction of sp³-hybridized carbons (Fsp3) is 0.500. The maximum Gasteiger partial charge on any atom is 0.0630 e. The third-order valence-electron chi connectivity index (χ3n) is 2.58. The minimum Gasteiger partial charge on any atom is -0.383 e. The molecule has 0 radical (unpaired) electrons. The molecule has 90 valence electrons. The Balaban J connectivity index is 2.58. The van der Waals surface area contributed by atoms with E-state index in [1.807, 2.05) is 25.2 Å². The molecule has 0 heterocycles. The van der Waals surface area contributed by atoms with Gasteiger partial charge in [0.15, 0.2) is 0 Å². The third-order valence-corrected chi connectivity index (χ3v) is 2.81. The highest BCUT2D eigenvalue weighted by Gasteiger charge is 2.12. The van der Waals surface area contributed by atoms with Gasteiger partial charge in [0.2, 0.25) is 0 Å². The van der Waals surface area contributed by atoms with Crippen molar-refractivity contribution in [2.24, 2.45) is 5.73 Å². The fourth-order valence-electron chi connectivity index (χ4n) is 1.62. The number of hydrogen-bond donors (Lipinski definition) is 1. The van der Waals surface area contributed by atoms with Crippen LogP contribution in [0.4, 0.5) is 0 Å². The minimum atomic E-state index is 0.240. The molecule has 0 spiro atoms. The number of nitrogens with two attached hydrogens (primary N) is 1. The highest BCUT2D eigenvalue weighted by molar-refractivity contribution is 6.30. The van der Waals surface area contributed by atoms with Crippen LogP contribution in [0.25, 0.3) is 0 Å². The van der Waals surface area contributed by atoms with Crippen LogP contribution in [-0.4, -0.2) is 38.3 Å². The summed E-state index contributed by atoms with van der Waals surface area (Å²) in [5.74, 6) is 0. The number of ether oxygens (including phenoxy) is 1. The van der Waals surface area contributed by atoms with Crippen molar-refractivity contribution in [3.63, 3.8) is 0 Å². The standard InChI is InChI=1S/C12H19ClN2O/c1-15(12(7-14)9-16-2)8-10-4-3-5-11(13)6-10/h3-6,12H,7-9,14H2,1-2H3. The topological polar surface area (TPSA) is 38.5 Å². The summed E-state index contributed by atoms with van der Waals surface area (Å²) >= 11 is 5.94. The van der Waals surface area contributed by atoms with Gasteiger partial charge in [-0.25, -0.2) is 0 Å². The van der Waals surface area contributed by atoms with Crippen molar-refractivity contribution in [2.45, 2.75) is 12.6 Å². The first kappa shape index (κ1) is 13.5. The molecular weight excluding hydrogens is 224 g/mol. The average Bonchev–Trinajstić information content (AvgIpc) is 2.25. The van der Waals surface area contributed by atoms with E-state index in [0.29, 0.717) is 13.2 Å². The summed E-state index contributed by atoms with van der Waals surface area (Å²) in [4.78, 5) is 2.18. The number of methoxy groups -OCH3 is 1. The van der Waals surface area contributed by atoms with Gasteiger partial charge in [0.1, 0.15) is 0 Å². The monoisotopic (exact) mass is 242 g/mol. The maximum atomic E-state index is 5.94. The molecule has 2 N–H and O–H groups in total. The van der Waals surface area contributed by atoms with E-state index in [4.69, 9.17) is 22.1 Å². The van der Waals surface area contributed by atoms with Gasteiger partial charge < -0.3 is 10.5 Å². The Morgan fingerprint density at radius 1 is 1.50 bits per heavy atom. The molecule has 0 saturated heterocycles. The van der Waals surface area contributed by atoms with Crippen LogP contribution in [0, 0.1) is 0 Å². The first-order valence-electron chi connectivity index (χ1n) is 5.31. The predicted octanol–water partition coefficient (Wildman–Crippen LogP) is 1.75. The van der Waals surface area contributed by atoms with Gasteiger partial charge in [-0.15, -0.1) is 0 Å². The summed E-state index contributed by atoms with van der Waals surface area (Å²) in [6, 6.07) is 8.10. The number of hydrogen-bond acceptors (Lipinski definition) is 3. The van der Waals surface area contributed by atoms with E-state index in [0.717, 1.165) is 11.6 Å². The van der Waals surface area contributed by atoms with Gasteiger partial charge in [-0.2, -0.15) is 0 Å². The quantitative estimate of drug-likeness (QED) is 0.826. The van der Waals surface area contributed by atoms with Crippen LogP contribution < -0.4 is 5.73 Å². The molecule has 0 bridgehead atoms. The SMILES string of the molecule is COCC(CN)N(C)Cc1cccc(Cl)c1. The zero-order chi connectivity index (χ0) is 12.0. The zero-order valence-corrected chi connectivity index (χ0v) is 10.6. The Morgan fingerprint density at radius 2 is 2.25 bits per heavy atom. The lowest BCUT2D eigenvalue weighted by Crippen LogP contribution is -2.40. The fourth-order valence-corrected chi connectivity index (χ4v) is 1.83. The van der Waals surface area contributed by atoms with Crippen molar-refractivity contribution in [2.75, 3.05) is 27.3 Å². The van der Waals surface area contributed by atoms with Crippen LogP contribution in [0.5, 0.6) is 0 Å². The molecule has 0 aliphatic carbocycles. The van der Waals surface area contributed by atoms with Crippen molar-refractivity contribution < 1.29 is 4.74 Å². The van der Waals surface area contributed by atoms with E-state index < -0.39 is 0 Å². The van der Waals surface area contributed by atoms with Gasteiger partial charge in [0, 0.05) is 31.3 Å². The molecule has 0 aliphatic heterocycles.